The second-order valence-electron chi connectivity index (χ2n) is 5.08. The number of hydrogen-bond acceptors (Lipinski definition) is 5. The number of ether oxygens (including phenoxy) is 1. The Labute approximate surface area is 121 Å². The fourth-order valence-corrected chi connectivity index (χ4v) is 2.27. The van der Waals surface area contributed by atoms with Gasteiger partial charge in [-0.15, -0.1) is 0 Å². The molecule has 1 rings (SSSR count). The number of rotatable bonds is 8. The molecule has 114 valence electrons. The molecule has 6 nitrogen and oxygen atoms in total. The molecule has 1 aliphatic heterocycles. The van der Waals surface area contributed by atoms with E-state index in [1.165, 1.54) is 0 Å². The lowest BCUT2D eigenvalue weighted by molar-refractivity contribution is -0.133. The quantitative estimate of drug-likeness (QED) is 0.687. The molecule has 0 radical (unpaired) electrons. The van der Waals surface area contributed by atoms with Crippen LogP contribution in [0.25, 0.3) is 0 Å². The van der Waals surface area contributed by atoms with Gasteiger partial charge in [-0.25, -0.2) is 0 Å². The van der Waals surface area contributed by atoms with Crippen LogP contribution in [0.15, 0.2) is 0 Å². The minimum absolute atomic E-state index is 0.0321. The summed E-state index contributed by atoms with van der Waals surface area (Å²) in [5, 5.41) is 8.71. The average Bonchev–Trinajstić information content (AvgIpc) is 2.48. The molecule has 1 amide bonds. The van der Waals surface area contributed by atoms with Crippen molar-refractivity contribution >= 4 is 5.91 Å². The summed E-state index contributed by atoms with van der Waals surface area (Å²) >= 11 is 0. The molecule has 2 N–H and O–H groups in total. The van der Waals surface area contributed by atoms with Crippen molar-refractivity contribution in [3.8, 4) is 6.07 Å². The van der Waals surface area contributed by atoms with Crippen LogP contribution in [0.3, 0.4) is 0 Å². The van der Waals surface area contributed by atoms with Gasteiger partial charge in [-0.1, -0.05) is 13.3 Å². The molecule has 0 unspecified atom stereocenters. The summed E-state index contributed by atoms with van der Waals surface area (Å²) in [5.74, 6) is -0.0321. The third-order valence-corrected chi connectivity index (χ3v) is 3.51. The maximum absolute atomic E-state index is 12.3. The highest BCUT2D eigenvalue weighted by molar-refractivity contribution is 5.81. The molecule has 0 spiro atoms. The van der Waals surface area contributed by atoms with Crippen molar-refractivity contribution in [1.82, 2.24) is 9.80 Å². The summed E-state index contributed by atoms with van der Waals surface area (Å²) in [6.07, 6.45) is 1.94. The van der Waals surface area contributed by atoms with Gasteiger partial charge in [-0.2, -0.15) is 5.26 Å². The topological polar surface area (TPSA) is 82.6 Å². The molecule has 0 aromatic carbocycles. The van der Waals surface area contributed by atoms with Crippen LogP contribution in [0.5, 0.6) is 0 Å². The summed E-state index contributed by atoms with van der Waals surface area (Å²) in [4.78, 5) is 16.3. The van der Waals surface area contributed by atoms with E-state index in [1.807, 2.05) is 6.92 Å². The zero-order chi connectivity index (χ0) is 14.8. The minimum atomic E-state index is -0.441. The zero-order valence-electron chi connectivity index (χ0n) is 12.4. The largest absolute Gasteiger partial charge is 0.379 e. The van der Waals surface area contributed by atoms with E-state index in [0.29, 0.717) is 25.9 Å². The van der Waals surface area contributed by atoms with Crippen LogP contribution in [0.4, 0.5) is 0 Å². The van der Waals surface area contributed by atoms with Crippen molar-refractivity contribution in [3.05, 3.63) is 0 Å². The highest BCUT2D eigenvalue weighted by Gasteiger charge is 2.21. The first-order chi connectivity index (χ1) is 9.69. The van der Waals surface area contributed by atoms with Gasteiger partial charge >= 0.3 is 0 Å². The van der Waals surface area contributed by atoms with E-state index in [4.69, 9.17) is 15.7 Å². The van der Waals surface area contributed by atoms with Gasteiger partial charge in [0.05, 0.1) is 31.7 Å². The number of nitrogens with two attached hydrogens (primary N) is 1. The van der Waals surface area contributed by atoms with Crippen LogP contribution in [-0.2, 0) is 9.53 Å². The Balaban J connectivity index is 2.45. The lowest BCUT2D eigenvalue weighted by Gasteiger charge is -2.30. The van der Waals surface area contributed by atoms with Crippen LogP contribution in [0, 0.1) is 11.3 Å². The lowest BCUT2D eigenvalue weighted by atomic mass is 10.1. The van der Waals surface area contributed by atoms with Crippen LogP contribution < -0.4 is 5.73 Å². The van der Waals surface area contributed by atoms with Crippen LogP contribution in [0.2, 0.25) is 0 Å². The maximum atomic E-state index is 12.3. The second-order valence-corrected chi connectivity index (χ2v) is 5.08. The Kier molecular flexibility index (Phi) is 8.19. The fraction of sp³-hybridized carbons (Fsp3) is 0.857. The molecular weight excluding hydrogens is 256 g/mol. The smallest absolute Gasteiger partial charge is 0.239 e. The second kappa shape index (κ2) is 9.70. The average molecular weight is 282 g/mol. The van der Waals surface area contributed by atoms with Gasteiger partial charge < -0.3 is 15.4 Å². The van der Waals surface area contributed by atoms with E-state index in [9.17, 15) is 4.79 Å². The lowest BCUT2D eigenvalue weighted by Crippen LogP contribution is -2.48. The molecule has 1 fully saturated rings. The summed E-state index contributed by atoms with van der Waals surface area (Å²) < 4.78 is 5.30. The number of nitrogens with zero attached hydrogens (tertiary/aromatic N) is 3. The number of morpholine rings is 1. The Morgan fingerprint density at radius 3 is 2.75 bits per heavy atom. The van der Waals surface area contributed by atoms with Gasteiger partial charge in [0, 0.05) is 32.7 Å². The van der Waals surface area contributed by atoms with Crippen LogP contribution in [0.1, 0.15) is 26.2 Å². The van der Waals surface area contributed by atoms with Gasteiger partial charge in [0.25, 0.3) is 0 Å². The predicted octanol–water partition coefficient (Wildman–Crippen LogP) is 0.188. The fourth-order valence-electron chi connectivity index (χ4n) is 2.27. The van der Waals surface area contributed by atoms with Crippen LogP contribution in [-0.4, -0.2) is 67.7 Å². The Hall–Kier alpha value is -1.16. The third-order valence-electron chi connectivity index (χ3n) is 3.51. The molecular formula is C14H26N4O2. The molecule has 1 aliphatic rings. The highest BCUT2D eigenvalue weighted by Crippen LogP contribution is 2.03. The minimum Gasteiger partial charge on any atom is -0.379 e. The summed E-state index contributed by atoms with van der Waals surface area (Å²) in [5.41, 5.74) is 5.90. The molecule has 6 heteroatoms. The highest BCUT2D eigenvalue weighted by atomic mass is 16.5. The van der Waals surface area contributed by atoms with E-state index in [0.717, 1.165) is 39.3 Å². The summed E-state index contributed by atoms with van der Waals surface area (Å²) in [6.45, 7) is 7.25. The van der Waals surface area contributed by atoms with E-state index in [-0.39, 0.29) is 5.91 Å². The number of hydrogen-bond donors (Lipinski definition) is 1. The van der Waals surface area contributed by atoms with Gasteiger partial charge in [0.1, 0.15) is 0 Å². The Bertz CT molecular complexity index is 324. The molecule has 1 atom stereocenters. The Morgan fingerprint density at radius 2 is 2.15 bits per heavy atom. The molecule has 20 heavy (non-hydrogen) atoms. The van der Waals surface area contributed by atoms with Crippen LogP contribution >= 0.6 is 0 Å². The first-order valence-corrected chi connectivity index (χ1v) is 7.40. The SMILES string of the molecule is CCC[C@@H](N)C(=O)N(CCC#N)CCN1CCOCC1. The van der Waals surface area contributed by atoms with E-state index >= 15 is 0 Å². The Morgan fingerprint density at radius 1 is 1.45 bits per heavy atom. The van der Waals surface area contributed by atoms with E-state index < -0.39 is 6.04 Å². The molecule has 1 heterocycles. The van der Waals surface area contributed by atoms with Crippen molar-refractivity contribution in [2.45, 2.75) is 32.2 Å². The van der Waals surface area contributed by atoms with Gasteiger partial charge in [0.15, 0.2) is 0 Å². The van der Waals surface area contributed by atoms with Crippen molar-refractivity contribution in [3.63, 3.8) is 0 Å². The standard InChI is InChI=1S/C14H26N4O2/c1-2-4-13(16)14(19)18(6-3-5-15)8-7-17-9-11-20-12-10-17/h13H,2-4,6-12,16H2,1H3/t13-/m1/s1. The predicted molar refractivity (Wildman–Crippen MR) is 77.0 cm³/mol. The molecule has 0 aromatic heterocycles. The number of nitriles is 1. The first-order valence-electron chi connectivity index (χ1n) is 7.40. The summed E-state index contributed by atoms with van der Waals surface area (Å²) in [6, 6.07) is 1.65. The maximum Gasteiger partial charge on any atom is 0.239 e. The molecule has 0 aromatic rings. The first kappa shape index (κ1) is 16.9. The molecule has 0 bridgehead atoms. The molecule has 1 saturated heterocycles. The van der Waals surface area contributed by atoms with Gasteiger partial charge in [0.2, 0.25) is 5.91 Å². The number of carbonyl (C=O) groups is 1. The number of amides is 1. The van der Waals surface area contributed by atoms with Gasteiger partial charge in [-0.05, 0) is 6.42 Å². The normalized spacial score (nSPS) is 17.4. The third kappa shape index (κ3) is 5.87. The zero-order valence-corrected chi connectivity index (χ0v) is 12.4. The summed E-state index contributed by atoms with van der Waals surface area (Å²) in [7, 11) is 0. The molecule has 0 saturated carbocycles. The van der Waals surface area contributed by atoms with Crippen molar-refractivity contribution in [2.75, 3.05) is 45.9 Å². The van der Waals surface area contributed by atoms with Crippen molar-refractivity contribution in [2.24, 2.45) is 5.73 Å². The molecule has 0 aliphatic carbocycles. The monoisotopic (exact) mass is 282 g/mol. The van der Waals surface area contributed by atoms with Crippen molar-refractivity contribution < 1.29 is 9.53 Å². The number of carbonyl (C=O) groups excluding carboxylic acids is 1. The van der Waals surface area contributed by atoms with Crippen molar-refractivity contribution in [1.29, 1.82) is 5.26 Å². The van der Waals surface area contributed by atoms with Gasteiger partial charge in [-0.3, -0.25) is 9.69 Å². The van der Waals surface area contributed by atoms with E-state index in [2.05, 4.69) is 11.0 Å². The van der Waals surface area contributed by atoms with E-state index in [1.54, 1.807) is 4.90 Å².